The number of hydrogen-bond acceptors (Lipinski definition) is 2. The topological polar surface area (TPSA) is 37.3 Å². The van der Waals surface area contributed by atoms with Gasteiger partial charge in [0, 0.05) is 6.42 Å². The van der Waals surface area contributed by atoms with Gasteiger partial charge in [0.05, 0.1) is 0 Å². The van der Waals surface area contributed by atoms with E-state index in [0.29, 0.717) is 6.42 Å². The van der Waals surface area contributed by atoms with Gasteiger partial charge in [0.15, 0.2) is 5.78 Å². The van der Waals surface area contributed by atoms with E-state index in [1.807, 2.05) is 6.92 Å². The third-order valence-electron chi connectivity index (χ3n) is 1.95. The van der Waals surface area contributed by atoms with Crippen LogP contribution < -0.4 is 0 Å². The van der Waals surface area contributed by atoms with Crippen molar-refractivity contribution in [2.75, 3.05) is 0 Å². The summed E-state index contributed by atoms with van der Waals surface area (Å²) in [6.07, 6.45) is 1.86. The van der Waals surface area contributed by atoms with Gasteiger partial charge in [-0.2, -0.15) is 0 Å². The Morgan fingerprint density at radius 1 is 1.67 bits per heavy atom. The number of rotatable bonds is 0. The first-order chi connectivity index (χ1) is 4.22. The van der Waals surface area contributed by atoms with E-state index >= 15 is 0 Å². The Balaban J connectivity index is 2.51. The fourth-order valence-electron chi connectivity index (χ4n) is 1.22. The predicted molar refractivity (Wildman–Crippen MR) is 34.0 cm³/mol. The maximum absolute atomic E-state index is 10.8. The van der Waals surface area contributed by atoms with Crippen LogP contribution in [-0.4, -0.2) is 17.0 Å². The van der Waals surface area contributed by atoms with Crippen molar-refractivity contribution < 1.29 is 9.90 Å². The number of Topliss-reactive ketones (excluding diaryl/α,β-unsaturated/α-hetero) is 1. The Bertz CT molecular complexity index is 120. The van der Waals surface area contributed by atoms with Crippen molar-refractivity contribution in [3.05, 3.63) is 0 Å². The van der Waals surface area contributed by atoms with Gasteiger partial charge in [-0.3, -0.25) is 4.79 Å². The minimum absolute atomic E-state index is 0.0220. The van der Waals surface area contributed by atoms with Crippen molar-refractivity contribution >= 4 is 5.78 Å². The molecule has 9 heavy (non-hydrogen) atoms. The summed E-state index contributed by atoms with van der Waals surface area (Å²) in [5, 5.41) is 9.10. The quantitative estimate of drug-likeness (QED) is 0.522. The smallest absolute Gasteiger partial charge is 0.161 e. The van der Waals surface area contributed by atoms with Crippen LogP contribution in [0, 0.1) is 5.92 Å². The molecule has 2 atom stereocenters. The monoisotopic (exact) mass is 128 g/mol. The van der Waals surface area contributed by atoms with Gasteiger partial charge in [-0.05, 0) is 18.8 Å². The maximum atomic E-state index is 10.8. The van der Waals surface area contributed by atoms with Gasteiger partial charge in [0.1, 0.15) is 6.10 Å². The van der Waals surface area contributed by atoms with Gasteiger partial charge in [-0.25, -0.2) is 0 Å². The molecule has 1 saturated carbocycles. The van der Waals surface area contributed by atoms with Gasteiger partial charge in [-0.15, -0.1) is 0 Å². The molecule has 2 nitrogen and oxygen atoms in total. The second-order valence-corrected chi connectivity index (χ2v) is 2.78. The Hall–Kier alpha value is -0.370. The third kappa shape index (κ3) is 1.30. The molecule has 0 amide bonds. The Morgan fingerprint density at radius 3 is 2.78 bits per heavy atom. The highest BCUT2D eigenvalue weighted by Gasteiger charge is 2.25. The van der Waals surface area contributed by atoms with Crippen LogP contribution in [0.15, 0.2) is 0 Å². The summed E-state index contributed by atoms with van der Waals surface area (Å²) in [6.45, 7) is 1.92. The molecular weight excluding hydrogens is 116 g/mol. The zero-order chi connectivity index (χ0) is 6.85. The average Bonchev–Trinajstić information content (AvgIpc) is 1.83. The molecule has 0 spiro atoms. The standard InChI is InChI=1S/C7H12O2/c1-5-3-2-4-6(8)7(5)9/h5,7,9H,2-4H2,1H3/t5-,7-/m1/s1. The first-order valence-corrected chi connectivity index (χ1v) is 3.42. The second-order valence-electron chi connectivity index (χ2n) is 2.78. The van der Waals surface area contributed by atoms with Crippen molar-refractivity contribution in [3.8, 4) is 0 Å². The molecule has 0 radical (unpaired) electrons. The zero-order valence-electron chi connectivity index (χ0n) is 5.63. The van der Waals surface area contributed by atoms with Crippen LogP contribution in [0.2, 0.25) is 0 Å². The van der Waals surface area contributed by atoms with E-state index in [0.717, 1.165) is 12.8 Å². The predicted octanol–water partition coefficient (Wildman–Crippen LogP) is 0.736. The summed E-state index contributed by atoms with van der Waals surface area (Å²) in [4.78, 5) is 10.8. The minimum atomic E-state index is -0.668. The molecule has 0 aromatic heterocycles. The Labute approximate surface area is 54.9 Å². The Kier molecular flexibility index (Phi) is 1.86. The molecule has 1 aliphatic rings. The molecular formula is C7H12O2. The van der Waals surface area contributed by atoms with Gasteiger partial charge in [0.25, 0.3) is 0 Å². The molecule has 1 rings (SSSR count). The van der Waals surface area contributed by atoms with Crippen LogP contribution in [0.5, 0.6) is 0 Å². The molecule has 0 aliphatic heterocycles. The molecule has 0 saturated heterocycles. The van der Waals surface area contributed by atoms with E-state index in [9.17, 15) is 4.79 Å². The third-order valence-corrected chi connectivity index (χ3v) is 1.95. The number of aliphatic hydroxyl groups excluding tert-OH is 1. The zero-order valence-corrected chi connectivity index (χ0v) is 5.63. The lowest BCUT2D eigenvalue weighted by molar-refractivity contribution is -0.132. The van der Waals surface area contributed by atoms with E-state index in [1.165, 1.54) is 0 Å². The molecule has 0 aromatic carbocycles. The van der Waals surface area contributed by atoms with Crippen LogP contribution in [0.3, 0.4) is 0 Å². The lowest BCUT2D eigenvalue weighted by Gasteiger charge is -2.22. The van der Waals surface area contributed by atoms with Crippen LogP contribution in [0.4, 0.5) is 0 Å². The second kappa shape index (κ2) is 2.48. The lowest BCUT2D eigenvalue weighted by atomic mass is 9.87. The molecule has 0 bridgehead atoms. The van der Waals surface area contributed by atoms with Crippen LogP contribution in [0.25, 0.3) is 0 Å². The number of carbonyl (C=O) groups excluding carboxylic acids is 1. The summed E-state index contributed by atoms with van der Waals surface area (Å²) in [5.74, 6) is 0.208. The van der Waals surface area contributed by atoms with E-state index in [-0.39, 0.29) is 11.7 Å². The molecule has 0 aromatic rings. The highest BCUT2D eigenvalue weighted by atomic mass is 16.3. The SMILES string of the molecule is C[C@@H]1CCCC(=O)[C@@H]1O. The molecule has 0 unspecified atom stereocenters. The van der Waals surface area contributed by atoms with Crippen LogP contribution >= 0.6 is 0 Å². The summed E-state index contributed by atoms with van der Waals surface area (Å²) >= 11 is 0. The normalized spacial score (nSPS) is 36.9. The van der Waals surface area contributed by atoms with E-state index in [2.05, 4.69) is 0 Å². The van der Waals surface area contributed by atoms with Crippen molar-refractivity contribution in [2.45, 2.75) is 32.3 Å². The average molecular weight is 128 g/mol. The van der Waals surface area contributed by atoms with Gasteiger partial charge < -0.3 is 5.11 Å². The minimum Gasteiger partial charge on any atom is -0.385 e. The summed E-state index contributed by atoms with van der Waals surface area (Å²) < 4.78 is 0. The largest absolute Gasteiger partial charge is 0.385 e. The number of ketones is 1. The van der Waals surface area contributed by atoms with Crippen molar-refractivity contribution in [1.29, 1.82) is 0 Å². The fourth-order valence-corrected chi connectivity index (χ4v) is 1.22. The molecule has 1 N–H and O–H groups in total. The van der Waals surface area contributed by atoms with Gasteiger partial charge in [0.2, 0.25) is 0 Å². The van der Waals surface area contributed by atoms with E-state index < -0.39 is 6.10 Å². The van der Waals surface area contributed by atoms with Crippen molar-refractivity contribution in [3.63, 3.8) is 0 Å². The molecule has 52 valence electrons. The van der Waals surface area contributed by atoms with Crippen molar-refractivity contribution in [1.82, 2.24) is 0 Å². The summed E-state index contributed by atoms with van der Waals surface area (Å²) in [6, 6.07) is 0. The number of aliphatic hydroxyl groups is 1. The van der Waals surface area contributed by atoms with Crippen LogP contribution in [-0.2, 0) is 4.79 Å². The summed E-state index contributed by atoms with van der Waals surface area (Å²) in [5.41, 5.74) is 0. The highest BCUT2D eigenvalue weighted by Crippen LogP contribution is 2.20. The molecule has 2 heteroatoms. The number of hydrogen-bond donors (Lipinski definition) is 1. The fraction of sp³-hybridized carbons (Fsp3) is 0.857. The lowest BCUT2D eigenvalue weighted by Crippen LogP contribution is -2.31. The van der Waals surface area contributed by atoms with E-state index in [4.69, 9.17) is 5.11 Å². The molecule has 0 heterocycles. The molecule has 1 aliphatic carbocycles. The highest BCUT2D eigenvalue weighted by molar-refractivity contribution is 5.83. The number of carbonyl (C=O) groups is 1. The van der Waals surface area contributed by atoms with Crippen molar-refractivity contribution in [2.24, 2.45) is 5.92 Å². The Morgan fingerprint density at radius 2 is 2.33 bits per heavy atom. The van der Waals surface area contributed by atoms with Gasteiger partial charge in [-0.1, -0.05) is 6.92 Å². The van der Waals surface area contributed by atoms with Crippen LogP contribution in [0.1, 0.15) is 26.2 Å². The first kappa shape index (κ1) is 6.75. The molecule has 1 fully saturated rings. The van der Waals surface area contributed by atoms with E-state index in [1.54, 1.807) is 0 Å². The summed E-state index contributed by atoms with van der Waals surface area (Å²) in [7, 11) is 0. The first-order valence-electron chi connectivity index (χ1n) is 3.42. The maximum Gasteiger partial charge on any atom is 0.161 e. The van der Waals surface area contributed by atoms with Gasteiger partial charge >= 0.3 is 0 Å².